The van der Waals surface area contributed by atoms with Crippen LogP contribution >= 0.6 is 11.6 Å². The van der Waals surface area contributed by atoms with Gasteiger partial charge in [-0.25, -0.2) is 4.98 Å². The Bertz CT molecular complexity index is 507. The summed E-state index contributed by atoms with van der Waals surface area (Å²) in [5.74, 6) is 0.893. The molecule has 4 nitrogen and oxygen atoms in total. The number of benzene rings is 1. The number of aliphatic hydroxyl groups excluding tert-OH is 1. The Labute approximate surface area is 97.0 Å². The Morgan fingerprint density at radius 3 is 2.88 bits per heavy atom. The van der Waals surface area contributed by atoms with E-state index in [1.807, 2.05) is 0 Å². The predicted molar refractivity (Wildman–Crippen MR) is 61.4 cm³/mol. The zero-order valence-electron chi connectivity index (χ0n) is 8.48. The molecule has 0 unspecified atom stereocenters. The highest BCUT2D eigenvalue weighted by Crippen LogP contribution is 2.38. The first-order valence-electron chi connectivity index (χ1n) is 5.17. The van der Waals surface area contributed by atoms with Gasteiger partial charge < -0.3 is 15.3 Å². The van der Waals surface area contributed by atoms with E-state index in [1.54, 1.807) is 12.1 Å². The van der Waals surface area contributed by atoms with Crippen molar-refractivity contribution in [2.24, 2.45) is 0 Å². The monoisotopic (exact) mass is 238 g/mol. The Morgan fingerprint density at radius 2 is 2.19 bits per heavy atom. The van der Waals surface area contributed by atoms with Gasteiger partial charge in [-0.1, -0.05) is 11.6 Å². The summed E-state index contributed by atoms with van der Waals surface area (Å²) in [4.78, 5) is 4.35. The number of oxazole rings is 1. The van der Waals surface area contributed by atoms with Gasteiger partial charge in [0, 0.05) is 12.0 Å². The van der Waals surface area contributed by atoms with Crippen LogP contribution in [0, 0.1) is 0 Å². The fourth-order valence-electron chi connectivity index (χ4n) is 1.95. The van der Waals surface area contributed by atoms with Gasteiger partial charge in [0.05, 0.1) is 16.8 Å². The summed E-state index contributed by atoms with van der Waals surface area (Å²) >= 11 is 5.90. The van der Waals surface area contributed by atoms with E-state index in [4.69, 9.17) is 21.8 Å². The van der Waals surface area contributed by atoms with Gasteiger partial charge in [0.1, 0.15) is 5.52 Å². The molecule has 84 valence electrons. The molecule has 1 aliphatic rings. The second kappa shape index (κ2) is 3.37. The first-order valence-corrected chi connectivity index (χ1v) is 5.55. The van der Waals surface area contributed by atoms with Crippen molar-refractivity contribution in [3.63, 3.8) is 0 Å². The summed E-state index contributed by atoms with van der Waals surface area (Å²) in [6.45, 7) is 0. The molecule has 0 radical (unpaired) electrons. The van der Waals surface area contributed by atoms with Crippen LogP contribution in [-0.2, 0) is 0 Å². The Hall–Kier alpha value is -1.26. The maximum Gasteiger partial charge on any atom is 0.198 e. The van der Waals surface area contributed by atoms with Gasteiger partial charge in [-0.05, 0) is 18.9 Å². The number of aliphatic hydroxyl groups is 1. The molecule has 0 amide bonds. The van der Waals surface area contributed by atoms with Crippen LogP contribution in [0.15, 0.2) is 16.5 Å². The van der Waals surface area contributed by atoms with Gasteiger partial charge in [0.2, 0.25) is 0 Å². The Balaban J connectivity index is 2.03. The number of nitrogens with zero attached hydrogens (tertiary/aromatic N) is 1. The topological polar surface area (TPSA) is 72.3 Å². The second-order valence-electron chi connectivity index (χ2n) is 4.22. The van der Waals surface area contributed by atoms with E-state index in [9.17, 15) is 5.11 Å². The van der Waals surface area contributed by atoms with Gasteiger partial charge in [-0.2, -0.15) is 0 Å². The minimum absolute atomic E-state index is 0.214. The molecule has 16 heavy (non-hydrogen) atoms. The normalized spacial score (nSPS) is 24.6. The lowest BCUT2D eigenvalue weighted by Crippen LogP contribution is -2.26. The van der Waals surface area contributed by atoms with Crippen LogP contribution in [-0.4, -0.2) is 16.2 Å². The fraction of sp³-hybridized carbons (Fsp3) is 0.364. The number of rotatable bonds is 1. The molecule has 0 atom stereocenters. The molecule has 1 heterocycles. The molecule has 0 saturated heterocycles. The SMILES string of the molecule is Nc1cc2oc(C3CC(O)C3)nc2cc1Cl. The van der Waals surface area contributed by atoms with Gasteiger partial charge in [-0.3, -0.25) is 0 Å². The van der Waals surface area contributed by atoms with Gasteiger partial charge in [-0.15, -0.1) is 0 Å². The third-order valence-corrected chi connectivity index (χ3v) is 3.31. The number of anilines is 1. The molecule has 1 aliphatic carbocycles. The van der Waals surface area contributed by atoms with E-state index in [-0.39, 0.29) is 12.0 Å². The number of fused-ring (bicyclic) bond motifs is 1. The smallest absolute Gasteiger partial charge is 0.198 e. The molecule has 1 fully saturated rings. The van der Waals surface area contributed by atoms with E-state index in [1.165, 1.54) is 0 Å². The highest BCUT2D eigenvalue weighted by Gasteiger charge is 2.32. The maximum atomic E-state index is 9.23. The molecular weight excluding hydrogens is 228 g/mol. The summed E-state index contributed by atoms with van der Waals surface area (Å²) in [7, 11) is 0. The Kier molecular flexibility index (Phi) is 2.09. The van der Waals surface area contributed by atoms with Crippen molar-refractivity contribution in [2.75, 3.05) is 5.73 Å². The minimum atomic E-state index is -0.214. The third-order valence-electron chi connectivity index (χ3n) is 2.99. The van der Waals surface area contributed by atoms with Crippen molar-refractivity contribution < 1.29 is 9.52 Å². The summed E-state index contributed by atoms with van der Waals surface area (Å²) in [6.07, 6.45) is 1.22. The lowest BCUT2D eigenvalue weighted by molar-refractivity contribution is 0.0655. The lowest BCUT2D eigenvalue weighted by Gasteiger charge is -2.28. The minimum Gasteiger partial charge on any atom is -0.440 e. The molecular formula is C11H11ClN2O2. The second-order valence-corrected chi connectivity index (χ2v) is 4.62. The molecule has 5 heteroatoms. The van der Waals surface area contributed by atoms with E-state index < -0.39 is 0 Å². The van der Waals surface area contributed by atoms with Crippen LogP contribution < -0.4 is 5.73 Å². The summed E-state index contributed by atoms with van der Waals surface area (Å²) < 4.78 is 5.60. The average molecular weight is 239 g/mol. The third kappa shape index (κ3) is 1.45. The van der Waals surface area contributed by atoms with E-state index in [0.29, 0.717) is 22.2 Å². The van der Waals surface area contributed by atoms with Crippen molar-refractivity contribution in [3.8, 4) is 0 Å². The van der Waals surface area contributed by atoms with Gasteiger partial charge >= 0.3 is 0 Å². The quantitative estimate of drug-likeness (QED) is 0.748. The van der Waals surface area contributed by atoms with Crippen molar-refractivity contribution in [3.05, 3.63) is 23.0 Å². The van der Waals surface area contributed by atoms with Crippen molar-refractivity contribution >= 4 is 28.4 Å². The average Bonchev–Trinajstić information content (AvgIpc) is 2.56. The van der Waals surface area contributed by atoms with Crippen LogP contribution in [0.2, 0.25) is 5.02 Å². The summed E-state index contributed by atoms with van der Waals surface area (Å²) in [5, 5.41) is 9.72. The number of hydrogen-bond donors (Lipinski definition) is 2. The number of hydrogen-bond acceptors (Lipinski definition) is 4. The highest BCUT2D eigenvalue weighted by atomic mass is 35.5. The predicted octanol–water partition coefficient (Wildman–Crippen LogP) is 2.30. The van der Waals surface area contributed by atoms with Crippen LogP contribution in [0.5, 0.6) is 0 Å². The van der Waals surface area contributed by atoms with Crippen molar-refractivity contribution in [2.45, 2.75) is 24.9 Å². The number of halogens is 1. The molecule has 3 rings (SSSR count). The molecule has 0 aliphatic heterocycles. The van der Waals surface area contributed by atoms with Crippen LogP contribution in [0.25, 0.3) is 11.1 Å². The summed E-state index contributed by atoms with van der Waals surface area (Å²) in [5.41, 5.74) is 7.54. The fourth-order valence-corrected chi connectivity index (χ4v) is 2.10. The first-order chi connectivity index (χ1) is 7.63. The van der Waals surface area contributed by atoms with Crippen LogP contribution in [0.4, 0.5) is 5.69 Å². The maximum absolute atomic E-state index is 9.23. The largest absolute Gasteiger partial charge is 0.440 e. The first kappa shape index (κ1) is 9.93. The number of aromatic nitrogens is 1. The highest BCUT2D eigenvalue weighted by molar-refractivity contribution is 6.33. The lowest BCUT2D eigenvalue weighted by atomic mass is 9.82. The molecule has 3 N–H and O–H groups in total. The zero-order chi connectivity index (χ0) is 11.3. The Morgan fingerprint density at radius 1 is 1.44 bits per heavy atom. The molecule has 2 aromatic rings. The number of nitrogens with two attached hydrogens (primary N) is 1. The van der Waals surface area contributed by atoms with Crippen LogP contribution in [0.3, 0.4) is 0 Å². The van der Waals surface area contributed by atoms with Crippen molar-refractivity contribution in [1.82, 2.24) is 4.98 Å². The molecule has 1 aromatic heterocycles. The van der Waals surface area contributed by atoms with Gasteiger partial charge in [0.25, 0.3) is 0 Å². The number of nitrogen functional groups attached to an aromatic ring is 1. The molecule has 1 aromatic carbocycles. The molecule has 0 spiro atoms. The van der Waals surface area contributed by atoms with Gasteiger partial charge in [0.15, 0.2) is 11.5 Å². The van der Waals surface area contributed by atoms with Crippen molar-refractivity contribution in [1.29, 1.82) is 0 Å². The molecule has 1 saturated carbocycles. The van der Waals surface area contributed by atoms with E-state index >= 15 is 0 Å². The zero-order valence-corrected chi connectivity index (χ0v) is 9.24. The van der Waals surface area contributed by atoms with E-state index in [2.05, 4.69) is 4.98 Å². The standard InChI is InChI=1S/C11H11ClN2O2/c12-7-3-9-10(4-8(7)13)16-11(14-9)5-1-6(15)2-5/h3-6,15H,1-2,13H2. The molecule has 0 bridgehead atoms. The van der Waals surface area contributed by atoms with E-state index in [0.717, 1.165) is 18.4 Å². The summed E-state index contributed by atoms with van der Waals surface area (Å²) in [6, 6.07) is 3.39. The van der Waals surface area contributed by atoms with Crippen LogP contribution in [0.1, 0.15) is 24.7 Å².